The molecule has 0 spiro atoms. The third kappa shape index (κ3) is 2.96. The number of halogens is 2. The number of nitrogens with two attached hydrogens (primary N) is 1. The molecule has 0 saturated heterocycles. The molecule has 0 radical (unpaired) electrons. The van der Waals surface area contributed by atoms with Crippen LogP contribution in [0.25, 0.3) is 0 Å². The zero-order valence-electron chi connectivity index (χ0n) is 10.1. The summed E-state index contributed by atoms with van der Waals surface area (Å²) in [5, 5.41) is 0.630. The molecular formula is C13H19ClFN. The largest absolute Gasteiger partial charge is 0.327 e. The van der Waals surface area contributed by atoms with E-state index >= 15 is 0 Å². The van der Waals surface area contributed by atoms with Gasteiger partial charge >= 0.3 is 0 Å². The van der Waals surface area contributed by atoms with Gasteiger partial charge in [0.15, 0.2) is 0 Å². The van der Waals surface area contributed by atoms with E-state index in [-0.39, 0.29) is 6.54 Å². The average molecular weight is 244 g/mol. The van der Waals surface area contributed by atoms with E-state index in [0.717, 1.165) is 5.56 Å². The van der Waals surface area contributed by atoms with Crippen LogP contribution in [0.15, 0.2) is 24.3 Å². The predicted octanol–water partition coefficient (Wildman–Crippen LogP) is 3.60. The first-order valence-corrected chi connectivity index (χ1v) is 5.80. The molecule has 0 aromatic heterocycles. The van der Waals surface area contributed by atoms with Gasteiger partial charge in [0.05, 0.1) is 0 Å². The molecule has 0 heterocycles. The van der Waals surface area contributed by atoms with Crippen molar-refractivity contribution in [2.45, 2.75) is 32.9 Å². The third-order valence-electron chi connectivity index (χ3n) is 3.04. The van der Waals surface area contributed by atoms with Crippen molar-refractivity contribution in [1.82, 2.24) is 0 Å². The van der Waals surface area contributed by atoms with Gasteiger partial charge in [0.25, 0.3) is 0 Å². The minimum absolute atomic E-state index is 0.0169. The molecule has 1 unspecified atom stereocenters. The van der Waals surface area contributed by atoms with Crippen LogP contribution >= 0.6 is 11.6 Å². The maximum Gasteiger partial charge on any atom is 0.132 e. The summed E-state index contributed by atoms with van der Waals surface area (Å²) in [5.41, 5.74) is 4.57. The van der Waals surface area contributed by atoms with E-state index in [4.69, 9.17) is 17.3 Å². The molecule has 1 aromatic rings. The van der Waals surface area contributed by atoms with Crippen LogP contribution in [0.3, 0.4) is 0 Å². The Bertz CT molecular complexity index is 359. The van der Waals surface area contributed by atoms with Gasteiger partial charge in [-0.15, -0.1) is 0 Å². The Hall–Kier alpha value is -0.600. The molecule has 0 aliphatic rings. The Kier molecular flexibility index (Phi) is 3.97. The van der Waals surface area contributed by atoms with Crippen molar-refractivity contribution in [2.24, 2.45) is 11.1 Å². The average Bonchev–Trinajstić information content (AvgIpc) is 2.15. The number of alkyl halides is 1. The van der Waals surface area contributed by atoms with E-state index in [1.165, 1.54) is 0 Å². The minimum atomic E-state index is -1.41. The molecule has 1 nitrogen and oxygen atoms in total. The van der Waals surface area contributed by atoms with Gasteiger partial charge in [0.1, 0.15) is 5.67 Å². The van der Waals surface area contributed by atoms with Crippen molar-refractivity contribution in [3.63, 3.8) is 0 Å². The Morgan fingerprint density at radius 3 is 2.38 bits per heavy atom. The van der Waals surface area contributed by atoms with Gasteiger partial charge in [-0.3, -0.25) is 0 Å². The van der Waals surface area contributed by atoms with Gasteiger partial charge in [-0.1, -0.05) is 44.5 Å². The molecule has 3 heteroatoms. The second kappa shape index (κ2) is 4.72. The molecule has 90 valence electrons. The number of benzene rings is 1. The lowest BCUT2D eigenvalue weighted by atomic mass is 9.74. The first-order chi connectivity index (χ1) is 7.28. The zero-order valence-corrected chi connectivity index (χ0v) is 10.8. The van der Waals surface area contributed by atoms with Crippen molar-refractivity contribution in [1.29, 1.82) is 0 Å². The topological polar surface area (TPSA) is 26.0 Å². The van der Waals surface area contributed by atoms with Crippen LogP contribution < -0.4 is 5.73 Å². The predicted molar refractivity (Wildman–Crippen MR) is 67.5 cm³/mol. The fourth-order valence-electron chi connectivity index (χ4n) is 1.61. The first kappa shape index (κ1) is 13.5. The molecule has 0 aliphatic carbocycles. The van der Waals surface area contributed by atoms with Crippen molar-refractivity contribution >= 4 is 11.6 Å². The lowest BCUT2D eigenvalue weighted by Gasteiger charge is -2.37. The lowest BCUT2D eigenvalue weighted by molar-refractivity contribution is 0.0382. The molecule has 0 saturated carbocycles. The molecule has 0 bridgehead atoms. The fraction of sp³-hybridized carbons (Fsp3) is 0.538. The molecule has 1 aromatic carbocycles. The third-order valence-corrected chi connectivity index (χ3v) is 3.28. The maximum atomic E-state index is 14.7. The summed E-state index contributed by atoms with van der Waals surface area (Å²) in [6.07, 6.45) is 0.299. The molecule has 16 heavy (non-hydrogen) atoms. The Morgan fingerprint density at radius 2 is 1.94 bits per heavy atom. The summed E-state index contributed by atoms with van der Waals surface area (Å²) in [5.74, 6) is 0. The van der Waals surface area contributed by atoms with Gasteiger partial charge in [-0.05, 0) is 23.1 Å². The van der Waals surface area contributed by atoms with E-state index < -0.39 is 11.1 Å². The highest BCUT2D eigenvalue weighted by molar-refractivity contribution is 6.30. The van der Waals surface area contributed by atoms with Crippen LogP contribution in [0, 0.1) is 5.41 Å². The monoisotopic (exact) mass is 243 g/mol. The van der Waals surface area contributed by atoms with Gasteiger partial charge in [-0.25, -0.2) is 4.39 Å². The molecule has 0 amide bonds. The van der Waals surface area contributed by atoms with Gasteiger partial charge in [0, 0.05) is 18.0 Å². The number of rotatable bonds is 3. The van der Waals surface area contributed by atoms with Crippen LogP contribution in [-0.2, 0) is 6.42 Å². The summed E-state index contributed by atoms with van der Waals surface area (Å²) >= 11 is 5.88. The number of hydrogen-bond acceptors (Lipinski definition) is 1. The summed E-state index contributed by atoms with van der Waals surface area (Å²) in [6, 6.07) is 7.28. The second-order valence-electron chi connectivity index (χ2n) is 5.23. The van der Waals surface area contributed by atoms with E-state index in [1.54, 1.807) is 12.1 Å². The first-order valence-electron chi connectivity index (χ1n) is 5.42. The van der Waals surface area contributed by atoms with Crippen LogP contribution in [0.5, 0.6) is 0 Å². The van der Waals surface area contributed by atoms with E-state index in [0.29, 0.717) is 11.4 Å². The van der Waals surface area contributed by atoms with Crippen LogP contribution in [0.2, 0.25) is 5.02 Å². The Morgan fingerprint density at radius 1 is 1.31 bits per heavy atom. The molecule has 0 aliphatic heterocycles. The van der Waals surface area contributed by atoms with Crippen molar-refractivity contribution < 1.29 is 4.39 Å². The van der Waals surface area contributed by atoms with E-state index in [1.807, 2.05) is 32.9 Å². The van der Waals surface area contributed by atoms with E-state index in [2.05, 4.69) is 0 Å². The van der Waals surface area contributed by atoms with Crippen LogP contribution in [0.1, 0.15) is 26.3 Å². The Balaban J connectivity index is 2.94. The highest BCUT2D eigenvalue weighted by Gasteiger charge is 2.41. The maximum absolute atomic E-state index is 14.7. The van der Waals surface area contributed by atoms with Gasteiger partial charge in [-0.2, -0.15) is 0 Å². The highest BCUT2D eigenvalue weighted by Crippen LogP contribution is 2.36. The quantitative estimate of drug-likeness (QED) is 0.863. The van der Waals surface area contributed by atoms with Crippen LogP contribution in [-0.4, -0.2) is 12.2 Å². The molecular weight excluding hydrogens is 225 g/mol. The van der Waals surface area contributed by atoms with Crippen molar-refractivity contribution in [3.8, 4) is 0 Å². The number of hydrogen-bond donors (Lipinski definition) is 1. The SMILES string of the molecule is CC(C)(C)C(F)(CN)Cc1cccc(Cl)c1. The molecule has 2 N–H and O–H groups in total. The summed E-state index contributed by atoms with van der Waals surface area (Å²) in [7, 11) is 0. The van der Waals surface area contributed by atoms with Crippen molar-refractivity contribution in [2.75, 3.05) is 6.54 Å². The van der Waals surface area contributed by atoms with E-state index in [9.17, 15) is 4.39 Å². The van der Waals surface area contributed by atoms with Gasteiger partial charge in [0.2, 0.25) is 0 Å². The molecule has 1 rings (SSSR count). The second-order valence-corrected chi connectivity index (χ2v) is 5.66. The molecule has 0 fully saturated rings. The van der Waals surface area contributed by atoms with Crippen molar-refractivity contribution in [3.05, 3.63) is 34.9 Å². The highest BCUT2D eigenvalue weighted by atomic mass is 35.5. The van der Waals surface area contributed by atoms with Crippen LogP contribution in [0.4, 0.5) is 4.39 Å². The summed E-state index contributed by atoms with van der Waals surface area (Å²) in [4.78, 5) is 0. The summed E-state index contributed by atoms with van der Waals surface area (Å²) in [6.45, 7) is 5.61. The Labute approximate surface area is 102 Å². The normalized spacial score (nSPS) is 15.9. The molecule has 1 atom stereocenters. The standard InChI is InChI=1S/C13H19ClFN/c1-12(2,3)13(15,9-16)8-10-5-4-6-11(14)7-10/h4-7H,8-9,16H2,1-3H3. The zero-order chi connectivity index (χ0) is 12.4. The van der Waals surface area contributed by atoms with Gasteiger partial charge < -0.3 is 5.73 Å². The minimum Gasteiger partial charge on any atom is -0.327 e. The summed E-state index contributed by atoms with van der Waals surface area (Å²) < 4.78 is 14.7. The lowest BCUT2D eigenvalue weighted by Crippen LogP contribution is -2.47. The fourth-order valence-corrected chi connectivity index (χ4v) is 1.83. The smallest absolute Gasteiger partial charge is 0.132 e.